The number of benzene rings is 2. The lowest BCUT2D eigenvalue weighted by molar-refractivity contribution is -0.156. The van der Waals surface area contributed by atoms with Gasteiger partial charge in [0.05, 0.1) is 19.1 Å². The van der Waals surface area contributed by atoms with Gasteiger partial charge in [-0.25, -0.2) is 0 Å². The zero-order valence-electron chi connectivity index (χ0n) is 25.6. The number of fused-ring (bicyclic) bond motifs is 2. The maximum atomic E-state index is 13.5. The van der Waals surface area contributed by atoms with E-state index in [0.717, 1.165) is 24.0 Å². The monoisotopic (exact) mass is 605 g/mol. The highest BCUT2D eigenvalue weighted by molar-refractivity contribution is 5.92. The Bertz CT molecular complexity index is 1330. The van der Waals surface area contributed by atoms with Crippen LogP contribution < -0.4 is 20.1 Å². The number of hydrogen-bond acceptors (Lipinski definition) is 7. The van der Waals surface area contributed by atoms with Gasteiger partial charge < -0.3 is 29.7 Å². The van der Waals surface area contributed by atoms with Crippen LogP contribution in [0.5, 0.6) is 11.5 Å². The number of hydrogen-bond donors (Lipinski definition) is 2. The maximum absolute atomic E-state index is 13.5. The molecule has 1 atom stereocenters. The quantitative estimate of drug-likeness (QED) is 0.366. The highest BCUT2D eigenvalue weighted by atomic mass is 16.5. The van der Waals surface area contributed by atoms with Crippen LogP contribution in [-0.4, -0.2) is 75.1 Å². The molecule has 2 aromatic rings. The first kappa shape index (κ1) is 32.6. The number of rotatable bonds is 7. The van der Waals surface area contributed by atoms with Crippen LogP contribution in [0.15, 0.2) is 54.6 Å². The van der Waals surface area contributed by atoms with E-state index in [2.05, 4.69) is 10.6 Å². The first-order chi connectivity index (χ1) is 21.3. The van der Waals surface area contributed by atoms with Crippen molar-refractivity contribution in [1.82, 2.24) is 15.5 Å². The van der Waals surface area contributed by atoms with Crippen LogP contribution in [0.3, 0.4) is 0 Å². The number of amides is 3. The number of carbonyl (C=O) groups excluding carboxylic acids is 4. The Morgan fingerprint density at radius 2 is 1.86 bits per heavy atom. The third-order valence-electron chi connectivity index (χ3n) is 7.90. The van der Waals surface area contributed by atoms with Gasteiger partial charge in [-0.15, -0.1) is 0 Å². The van der Waals surface area contributed by atoms with Crippen molar-refractivity contribution in [2.75, 3.05) is 46.5 Å². The molecule has 1 fully saturated rings. The van der Waals surface area contributed by atoms with Gasteiger partial charge in [-0.1, -0.05) is 49.2 Å². The predicted molar refractivity (Wildman–Crippen MR) is 166 cm³/mol. The second-order valence-electron chi connectivity index (χ2n) is 11.4. The lowest BCUT2D eigenvalue weighted by atomic mass is 9.76. The Morgan fingerprint density at radius 3 is 2.59 bits per heavy atom. The number of nitrogens with zero attached hydrogens (tertiary/aromatic N) is 1. The largest absolute Gasteiger partial charge is 0.493 e. The minimum atomic E-state index is -0.967. The van der Waals surface area contributed by atoms with Crippen LogP contribution >= 0.6 is 0 Å². The van der Waals surface area contributed by atoms with Crippen LogP contribution in [0.2, 0.25) is 0 Å². The molecule has 0 saturated heterocycles. The summed E-state index contributed by atoms with van der Waals surface area (Å²) < 4.78 is 16.9. The van der Waals surface area contributed by atoms with Gasteiger partial charge in [0.1, 0.15) is 0 Å². The Balaban J connectivity index is 1.57. The molecule has 236 valence electrons. The number of esters is 1. The second kappa shape index (κ2) is 15.9. The van der Waals surface area contributed by atoms with Gasteiger partial charge in [0.2, 0.25) is 11.8 Å². The first-order valence-corrected chi connectivity index (χ1v) is 15.3. The number of ether oxygens (including phenoxy) is 3. The van der Waals surface area contributed by atoms with Crippen molar-refractivity contribution >= 4 is 29.8 Å². The smallest absolute Gasteiger partial charge is 0.314 e. The molecule has 0 aromatic heterocycles. The van der Waals surface area contributed by atoms with E-state index in [1.165, 1.54) is 13.2 Å². The van der Waals surface area contributed by atoms with Gasteiger partial charge in [0.15, 0.2) is 18.1 Å². The van der Waals surface area contributed by atoms with E-state index in [-0.39, 0.29) is 63.0 Å². The van der Waals surface area contributed by atoms with Crippen LogP contribution in [0.25, 0.3) is 6.08 Å². The lowest BCUT2D eigenvalue weighted by Crippen LogP contribution is -2.46. The van der Waals surface area contributed by atoms with Crippen LogP contribution in [0.4, 0.5) is 0 Å². The average Bonchev–Trinajstić information content (AvgIpc) is 3.85. The van der Waals surface area contributed by atoms with E-state index >= 15 is 0 Å². The summed E-state index contributed by atoms with van der Waals surface area (Å²) in [5, 5.41) is 5.81. The highest BCUT2D eigenvalue weighted by Gasteiger charge is 2.44. The molecule has 10 heteroatoms. The molecule has 3 amide bonds. The Morgan fingerprint density at radius 1 is 1.07 bits per heavy atom. The number of carbonyl (C=O) groups is 4. The van der Waals surface area contributed by atoms with Gasteiger partial charge in [-0.3, -0.25) is 19.2 Å². The van der Waals surface area contributed by atoms with Crippen molar-refractivity contribution in [2.24, 2.45) is 11.3 Å². The molecule has 0 spiro atoms. The molecule has 2 aliphatic rings. The fourth-order valence-corrected chi connectivity index (χ4v) is 5.41. The Labute approximate surface area is 259 Å². The summed E-state index contributed by atoms with van der Waals surface area (Å²) in [6.45, 7) is 2.70. The SMILES string of the molecule is CCOC(=O)C1(CC2CC2)CNC(=O)CCCN(C(=O)C=Cc2ccccc2)CCNC(=O)COc2cc(ccc2OC)C1. The summed E-state index contributed by atoms with van der Waals surface area (Å²) in [5.74, 6) is 0.0974. The van der Waals surface area contributed by atoms with Gasteiger partial charge >= 0.3 is 5.97 Å². The molecular weight excluding hydrogens is 562 g/mol. The molecule has 4 rings (SSSR count). The van der Waals surface area contributed by atoms with Gasteiger partial charge in [0, 0.05) is 38.7 Å². The molecule has 1 aliphatic carbocycles. The molecular formula is C34H43N3O7. The van der Waals surface area contributed by atoms with E-state index < -0.39 is 5.41 Å². The number of nitrogens with one attached hydrogen (secondary N) is 2. The average molecular weight is 606 g/mol. The zero-order chi connectivity index (χ0) is 31.4. The van der Waals surface area contributed by atoms with E-state index in [1.807, 2.05) is 36.4 Å². The molecule has 44 heavy (non-hydrogen) atoms. The lowest BCUT2D eigenvalue weighted by Gasteiger charge is -2.32. The second-order valence-corrected chi connectivity index (χ2v) is 11.4. The zero-order valence-corrected chi connectivity index (χ0v) is 25.6. The molecule has 10 nitrogen and oxygen atoms in total. The van der Waals surface area contributed by atoms with Gasteiger partial charge in [0.25, 0.3) is 5.91 Å². The highest BCUT2D eigenvalue weighted by Crippen LogP contribution is 2.43. The van der Waals surface area contributed by atoms with E-state index in [4.69, 9.17) is 14.2 Å². The Hall–Kier alpha value is -4.34. The molecule has 2 N–H and O–H groups in total. The van der Waals surface area contributed by atoms with Gasteiger partial charge in [-0.2, -0.15) is 0 Å². The van der Waals surface area contributed by atoms with Crippen molar-refractivity contribution < 1.29 is 33.4 Å². The third-order valence-corrected chi connectivity index (χ3v) is 7.90. The fourth-order valence-electron chi connectivity index (χ4n) is 5.41. The van der Waals surface area contributed by atoms with Crippen LogP contribution in [0, 0.1) is 11.3 Å². The van der Waals surface area contributed by atoms with Crippen LogP contribution in [-0.2, 0) is 30.3 Å². The van der Waals surface area contributed by atoms with E-state index in [1.54, 1.807) is 30.0 Å². The topological polar surface area (TPSA) is 123 Å². The molecule has 1 aliphatic heterocycles. The third kappa shape index (κ3) is 9.59. The summed E-state index contributed by atoms with van der Waals surface area (Å²) in [5.41, 5.74) is 0.733. The van der Waals surface area contributed by atoms with Crippen molar-refractivity contribution in [3.63, 3.8) is 0 Å². The first-order valence-electron chi connectivity index (χ1n) is 15.3. The normalized spacial score (nSPS) is 20.5. The molecule has 1 heterocycles. The van der Waals surface area contributed by atoms with E-state index in [0.29, 0.717) is 43.2 Å². The predicted octanol–water partition coefficient (Wildman–Crippen LogP) is 3.53. The Kier molecular flexibility index (Phi) is 11.8. The summed E-state index contributed by atoms with van der Waals surface area (Å²) in [4.78, 5) is 54.0. The van der Waals surface area contributed by atoms with Gasteiger partial charge in [-0.05, 0) is 61.4 Å². The van der Waals surface area contributed by atoms with Crippen LogP contribution in [0.1, 0.15) is 50.2 Å². The summed E-state index contributed by atoms with van der Waals surface area (Å²) in [6, 6.07) is 14.9. The summed E-state index contributed by atoms with van der Waals surface area (Å²) in [7, 11) is 1.52. The minimum absolute atomic E-state index is 0.133. The molecule has 2 bridgehead atoms. The molecule has 1 unspecified atom stereocenters. The van der Waals surface area contributed by atoms with Crippen molar-refractivity contribution in [3.05, 3.63) is 65.7 Å². The fraction of sp³-hybridized carbons (Fsp3) is 0.471. The summed E-state index contributed by atoms with van der Waals surface area (Å²) in [6.07, 6.45) is 6.82. The molecule has 0 radical (unpaired) electrons. The van der Waals surface area contributed by atoms with Crippen molar-refractivity contribution in [2.45, 2.75) is 45.4 Å². The van der Waals surface area contributed by atoms with Crippen molar-refractivity contribution in [3.8, 4) is 11.5 Å². The summed E-state index contributed by atoms with van der Waals surface area (Å²) >= 11 is 0. The van der Waals surface area contributed by atoms with E-state index in [9.17, 15) is 19.2 Å². The number of methoxy groups -OCH3 is 1. The van der Waals surface area contributed by atoms with Crippen molar-refractivity contribution in [1.29, 1.82) is 0 Å². The minimum Gasteiger partial charge on any atom is -0.493 e. The molecule has 1 saturated carbocycles. The molecule has 2 aromatic carbocycles. The maximum Gasteiger partial charge on any atom is 0.314 e. The standard InChI is InChI=1S/C34H43N3O7/c1-3-43-33(41)34(21-26-11-12-26)22-27-13-15-28(42-2)29(20-27)44-23-31(39)35-17-19-37(18-7-10-30(38)36-24-34)32(40)16-14-25-8-5-4-6-9-25/h4-6,8-9,13-16,20,26H,3,7,10-12,17-19,21-24H2,1-2H3,(H,35,39)(H,36,38).